The summed E-state index contributed by atoms with van der Waals surface area (Å²) in [5.41, 5.74) is -0.0754. The Bertz CT molecular complexity index is 996. The number of amides is 1. The van der Waals surface area contributed by atoms with Crippen LogP contribution in [0.15, 0.2) is 28.8 Å². The number of nitrogens with zero attached hydrogens (tertiary/aromatic N) is 3. The largest absolute Gasteiger partial charge is 0.416 e. The van der Waals surface area contributed by atoms with Gasteiger partial charge in [0.25, 0.3) is 0 Å². The van der Waals surface area contributed by atoms with Gasteiger partial charge in [-0.25, -0.2) is 9.55 Å². The van der Waals surface area contributed by atoms with Gasteiger partial charge in [0.15, 0.2) is 0 Å². The van der Waals surface area contributed by atoms with Gasteiger partial charge in [-0.15, -0.1) is 0 Å². The third-order valence-electron chi connectivity index (χ3n) is 3.76. The number of aryl methyl sites for hydroxylation is 1. The van der Waals surface area contributed by atoms with Gasteiger partial charge >= 0.3 is 6.18 Å². The maximum Gasteiger partial charge on any atom is 0.416 e. The summed E-state index contributed by atoms with van der Waals surface area (Å²) in [5.74, 6) is -0.0542. The number of nitrogens with one attached hydrogen (secondary N) is 1. The molecule has 1 aromatic carbocycles. The average Bonchev–Trinajstić information content (AvgIpc) is 3.06. The van der Waals surface area contributed by atoms with Crippen molar-refractivity contribution in [1.29, 1.82) is 0 Å². The first-order chi connectivity index (χ1) is 12.4. The number of carbonyl (C=O) groups excluding carboxylic acids is 1. The maximum absolute atomic E-state index is 13.1. The quantitative estimate of drug-likeness (QED) is 0.714. The Hall–Kier alpha value is -2.84. The fraction of sp³-hybridized carbons (Fsp3) is 0.389. The van der Waals surface area contributed by atoms with Gasteiger partial charge in [0.05, 0.1) is 22.3 Å². The summed E-state index contributed by atoms with van der Waals surface area (Å²) in [6.07, 6.45) is -4.28. The van der Waals surface area contributed by atoms with E-state index in [9.17, 15) is 18.0 Å². The molecule has 3 aromatic rings. The second kappa shape index (κ2) is 6.40. The molecule has 3 rings (SSSR count). The Kier molecular flexibility index (Phi) is 4.49. The minimum Gasteiger partial charge on any atom is -0.338 e. The van der Waals surface area contributed by atoms with Gasteiger partial charge in [-0.1, -0.05) is 25.9 Å². The van der Waals surface area contributed by atoms with Crippen LogP contribution in [0.3, 0.4) is 0 Å². The average molecular weight is 380 g/mol. The number of rotatable bonds is 3. The van der Waals surface area contributed by atoms with Crippen molar-refractivity contribution < 1.29 is 22.5 Å². The molecule has 27 heavy (non-hydrogen) atoms. The van der Waals surface area contributed by atoms with Crippen molar-refractivity contribution in [3.8, 4) is 5.88 Å². The van der Waals surface area contributed by atoms with Gasteiger partial charge in [-0.05, 0) is 30.5 Å². The number of hydrogen-bond acceptors (Lipinski definition) is 4. The van der Waals surface area contributed by atoms with Crippen molar-refractivity contribution in [1.82, 2.24) is 14.7 Å². The molecule has 0 aliphatic rings. The minimum absolute atomic E-state index is 0.0784. The second-order valence-corrected chi connectivity index (χ2v) is 7.56. The number of halogens is 3. The summed E-state index contributed by atoms with van der Waals surface area (Å²) in [5, 5.41) is 6.44. The van der Waals surface area contributed by atoms with E-state index >= 15 is 0 Å². The van der Waals surface area contributed by atoms with Crippen LogP contribution in [0.4, 0.5) is 19.1 Å². The molecular weight excluding hydrogens is 361 g/mol. The van der Waals surface area contributed by atoms with E-state index in [-0.39, 0.29) is 35.1 Å². The first-order valence-electron chi connectivity index (χ1n) is 8.27. The Morgan fingerprint density at radius 1 is 1.22 bits per heavy atom. The van der Waals surface area contributed by atoms with Crippen LogP contribution in [0.2, 0.25) is 0 Å². The lowest BCUT2D eigenvalue weighted by Crippen LogP contribution is -2.21. The highest BCUT2D eigenvalue weighted by Gasteiger charge is 2.31. The summed E-state index contributed by atoms with van der Waals surface area (Å²) in [7, 11) is 0. The van der Waals surface area contributed by atoms with Crippen molar-refractivity contribution in [2.45, 2.75) is 40.3 Å². The molecule has 0 saturated carbocycles. The molecule has 0 unspecified atom stereocenters. The molecule has 0 bridgehead atoms. The van der Waals surface area contributed by atoms with E-state index in [1.807, 2.05) is 20.8 Å². The van der Waals surface area contributed by atoms with E-state index in [1.54, 1.807) is 13.0 Å². The number of anilines is 1. The Morgan fingerprint density at radius 2 is 1.93 bits per heavy atom. The summed E-state index contributed by atoms with van der Waals surface area (Å²) < 4.78 is 45.9. The number of carbonyl (C=O) groups is 1. The zero-order valence-corrected chi connectivity index (χ0v) is 15.3. The highest BCUT2D eigenvalue weighted by Crippen LogP contribution is 2.33. The zero-order chi connectivity index (χ0) is 20.0. The number of hydrogen-bond donors (Lipinski definition) is 1. The molecule has 0 atom stereocenters. The Morgan fingerprint density at radius 3 is 2.48 bits per heavy atom. The van der Waals surface area contributed by atoms with Crippen LogP contribution < -0.4 is 5.32 Å². The van der Waals surface area contributed by atoms with Crippen molar-refractivity contribution in [2.75, 3.05) is 5.32 Å². The van der Waals surface area contributed by atoms with Crippen LogP contribution in [0.5, 0.6) is 0 Å². The minimum atomic E-state index is -4.50. The molecule has 0 fully saturated rings. The molecule has 2 aromatic heterocycles. The molecule has 1 N–H and O–H groups in total. The van der Waals surface area contributed by atoms with Gasteiger partial charge < -0.3 is 4.52 Å². The molecule has 144 valence electrons. The van der Waals surface area contributed by atoms with E-state index in [0.29, 0.717) is 11.2 Å². The van der Waals surface area contributed by atoms with Crippen LogP contribution in [-0.4, -0.2) is 20.6 Å². The molecule has 0 aliphatic carbocycles. The van der Waals surface area contributed by atoms with E-state index in [1.165, 1.54) is 10.6 Å². The van der Waals surface area contributed by atoms with Crippen LogP contribution in [0, 0.1) is 12.3 Å². The SMILES string of the molecule is Cc1cc(-n2c(NC(=O)CC(C)(C)C)nc3ccc(C(F)(F)F)cc32)on1. The number of aromatic nitrogens is 3. The number of imidazole rings is 1. The maximum atomic E-state index is 13.1. The van der Waals surface area contributed by atoms with E-state index in [0.717, 1.165) is 12.1 Å². The highest BCUT2D eigenvalue weighted by atomic mass is 19.4. The molecule has 6 nitrogen and oxygen atoms in total. The molecule has 0 spiro atoms. The lowest BCUT2D eigenvalue weighted by Gasteiger charge is -2.17. The van der Waals surface area contributed by atoms with Gasteiger partial charge in [0.1, 0.15) is 0 Å². The van der Waals surface area contributed by atoms with Gasteiger partial charge in [-0.2, -0.15) is 13.2 Å². The molecule has 9 heteroatoms. The third-order valence-corrected chi connectivity index (χ3v) is 3.76. The highest BCUT2D eigenvalue weighted by molar-refractivity contribution is 5.92. The normalized spacial score (nSPS) is 12.6. The van der Waals surface area contributed by atoms with Crippen molar-refractivity contribution in [2.24, 2.45) is 5.41 Å². The van der Waals surface area contributed by atoms with Crippen molar-refractivity contribution >= 4 is 22.9 Å². The van der Waals surface area contributed by atoms with Gasteiger partial charge in [0, 0.05) is 12.5 Å². The lowest BCUT2D eigenvalue weighted by molar-refractivity contribution is -0.137. The van der Waals surface area contributed by atoms with Gasteiger partial charge in [0.2, 0.25) is 17.7 Å². The number of benzene rings is 1. The predicted molar refractivity (Wildman–Crippen MR) is 93.6 cm³/mol. The first-order valence-corrected chi connectivity index (χ1v) is 8.27. The number of alkyl halides is 3. The standard InChI is InChI=1S/C18H19F3N4O2/c1-10-7-15(27-24-10)25-13-8-11(18(19,20)21)5-6-12(13)22-16(25)23-14(26)9-17(2,3)4/h5-8H,9H2,1-4H3,(H,22,23,26). The van der Waals surface area contributed by atoms with Crippen molar-refractivity contribution in [3.63, 3.8) is 0 Å². The summed E-state index contributed by atoms with van der Waals surface area (Å²) >= 11 is 0. The van der Waals surface area contributed by atoms with Crippen LogP contribution >= 0.6 is 0 Å². The fourth-order valence-electron chi connectivity index (χ4n) is 2.66. The summed E-state index contributed by atoms with van der Waals surface area (Å²) in [6.45, 7) is 7.41. The van der Waals surface area contributed by atoms with E-state index in [4.69, 9.17) is 4.52 Å². The zero-order valence-electron chi connectivity index (χ0n) is 15.3. The molecule has 1 amide bonds. The smallest absolute Gasteiger partial charge is 0.338 e. The molecule has 2 heterocycles. The van der Waals surface area contributed by atoms with Crippen LogP contribution in [0.1, 0.15) is 38.4 Å². The fourth-order valence-corrected chi connectivity index (χ4v) is 2.66. The number of fused-ring (bicyclic) bond motifs is 1. The summed E-state index contributed by atoms with van der Waals surface area (Å²) in [6, 6.07) is 4.74. The first kappa shape index (κ1) is 18.9. The Balaban J connectivity index is 2.13. The molecule has 0 aliphatic heterocycles. The van der Waals surface area contributed by atoms with E-state index < -0.39 is 11.7 Å². The monoisotopic (exact) mass is 380 g/mol. The summed E-state index contributed by atoms with van der Waals surface area (Å²) in [4.78, 5) is 16.6. The van der Waals surface area contributed by atoms with Crippen LogP contribution in [-0.2, 0) is 11.0 Å². The lowest BCUT2D eigenvalue weighted by atomic mass is 9.92. The van der Waals surface area contributed by atoms with Gasteiger partial charge in [-0.3, -0.25) is 10.1 Å². The topological polar surface area (TPSA) is 73.0 Å². The third kappa shape index (κ3) is 4.12. The van der Waals surface area contributed by atoms with E-state index in [2.05, 4.69) is 15.5 Å². The molecular formula is C18H19F3N4O2. The second-order valence-electron chi connectivity index (χ2n) is 7.56. The Labute approximate surface area is 153 Å². The molecule has 0 radical (unpaired) electrons. The van der Waals surface area contributed by atoms with Crippen molar-refractivity contribution in [3.05, 3.63) is 35.5 Å². The predicted octanol–water partition coefficient (Wildman–Crippen LogP) is 4.72. The molecule has 0 saturated heterocycles. The van der Waals surface area contributed by atoms with Crippen LogP contribution in [0.25, 0.3) is 16.9 Å².